The molecule has 0 aromatic carbocycles. The molecule has 3 heteroatoms. The first-order valence-corrected chi connectivity index (χ1v) is 6.54. The Labute approximate surface area is 99.3 Å². The van der Waals surface area contributed by atoms with E-state index in [-0.39, 0.29) is 18.1 Å². The van der Waals surface area contributed by atoms with E-state index >= 15 is 0 Å². The quantitative estimate of drug-likeness (QED) is 0.620. The minimum absolute atomic E-state index is 0.00990. The van der Waals surface area contributed by atoms with Crippen LogP contribution in [-0.2, 0) is 0 Å². The van der Waals surface area contributed by atoms with Gasteiger partial charge < -0.3 is 15.5 Å². The average Bonchev–Trinajstić information content (AvgIpc) is 2.24. The Bertz CT molecular complexity index is 200. The molecular weight excluding hydrogens is 202 g/mol. The van der Waals surface area contributed by atoms with Crippen LogP contribution in [0.5, 0.6) is 0 Å². The molecule has 0 aromatic heterocycles. The highest BCUT2D eigenvalue weighted by atomic mass is 16.3. The predicted octanol–water partition coefficient (Wildman–Crippen LogP) is 1.53. The van der Waals surface area contributed by atoms with Crippen LogP contribution in [0.25, 0.3) is 0 Å². The van der Waals surface area contributed by atoms with Gasteiger partial charge in [-0.1, -0.05) is 27.2 Å². The van der Waals surface area contributed by atoms with Crippen molar-refractivity contribution in [3.63, 3.8) is 0 Å². The van der Waals surface area contributed by atoms with Gasteiger partial charge >= 0.3 is 0 Å². The number of aliphatic hydroxyl groups is 2. The zero-order valence-corrected chi connectivity index (χ0v) is 10.9. The Balaban J connectivity index is 2.27. The van der Waals surface area contributed by atoms with E-state index in [1.54, 1.807) is 0 Å². The molecule has 3 N–H and O–H groups in total. The van der Waals surface area contributed by atoms with Gasteiger partial charge in [0.25, 0.3) is 0 Å². The molecule has 1 fully saturated rings. The molecular formula is C13H27NO2. The second-order valence-corrected chi connectivity index (χ2v) is 5.70. The Morgan fingerprint density at radius 1 is 1.38 bits per heavy atom. The molecule has 0 radical (unpaired) electrons. The first-order chi connectivity index (χ1) is 7.52. The second kappa shape index (κ2) is 5.99. The van der Waals surface area contributed by atoms with Gasteiger partial charge in [0.15, 0.2) is 0 Å². The van der Waals surface area contributed by atoms with Gasteiger partial charge in [0.1, 0.15) is 0 Å². The SMILES string of the molecule is CCCC(CCO)CNC1CC(O)C1(C)C. The molecule has 1 aliphatic carbocycles. The lowest BCUT2D eigenvalue weighted by Gasteiger charge is -2.50. The third-order valence-corrected chi connectivity index (χ3v) is 4.10. The molecule has 1 saturated carbocycles. The maximum Gasteiger partial charge on any atom is 0.0621 e. The predicted molar refractivity (Wildman–Crippen MR) is 66.3 cm³/mol. The fourth-order valence-electron chi connectivity index (χ4n) is 2.50. The highest BCUT2D eigenvalue weighted by Gasteiger charge is 2.46. The fraction of sp³-hybridized carbons (Fsp3) is 1.00. The van der Waals surface area contributed by atoms with Crippen LogP contribution in [0.2, 0.25) is 0 Å². The van der Waals surface area contributed by atoms with E-state index in [0.29, 0.717) is 12.0 Å². The summed E-state index contributed by atoms with van der Waals surface area (Å²) in [5, 5.41) is 22.2. The molecule has 0 aliphatic heterocycles. The summed E-state index contributed by atoms with van der Waals surface area (Å²) in [5.41, 5.74) is 0.00990. The van der Waals surface area contributed by atoms with Crippen molar-refractivity contribution >= 4 is 0 Å². The summed E-state index contributed by atoms with van der Waals surface area (Å²) in [6, 6.07) is 0.431. The minimum Gasteiger partial charge on any atom is -0.396 e. The van der Waals surface area contributed by atoms with Gasteiger partial charge in [-0.05, 0) is 31.7 Å². The summed E-state index contributed by atoms with van der Waals surface area (Å²) in [7, 11) is 0. The largest absolute Gasteiger partial charge is 0.396 e. The summed E-state index contributed by atoms with van der Waals surface area (Å²) >= 11 is 0. The molecule has 0 saturated heterocycles. The van der Waals surface area contributed by atoms with E-state index in [2.05, 4.69) is 26.1 Å². The van der Waals surface area contributed by atoms with Crippen LogP contribution in [0, 0.1) is 11.3 Å². The van der Waals surface area contributed by atoms with Gasteiger partial charge in [0.05, 0.1) is 6.10 Å². The van der Waals surface area contributed by atoms with Crippen molar-refractivity contribution in [1.82, 2.24) is 5.32 Å². The summed E-state index contributed by atoms with van der Waals surface area (Å²) in [6.07, 6.45) is 3.93. The van der Waals surface area contributed by atoms with Crippen LogP contribution in [0.15, 0.2) is 0 Å². The number of aliphatic hydroxyl groups excluding tert-OH is 2. The monoisotopic (exact) mass is 229 g/mol. The van der Waals surface area contributed by atoms with Crippen LogP contribution in [-0.4, -0.2) is 35.5 Å². The Kier molecular flexibility index (Phi) is 5.22. The van der Waals surface area contributed by atoms with Crippen molar-refractivity contribution in [3.8, 4) is 0 Å². The highest BCUT2D eigenvalue weighted by molar-refractivity contribution is 5.01. The lowest BCUT2D eigenvalue weighted by atomic mass is 9.64. The second-order valence-electron chi connectivity index (χ2n) is 5.70. The van der Waals surface area contributed by atoms with E-state index in [4.69, 9.17) is 5.11 Å². The molecule has 0 heterocycles. The standard InChI is InChI=1S/C13H27NO2/c1-4-5-10(6-7-15)9-14-11-8-12(16)13(11,2)3/h10-12,14-16H,4-9H2,1-3H3. The number of rotatable bonds is 7. The van der Waals surface area contributed by atoms with E-state index in [1.165, 1.54) is 12.8 Å². The van der Waals surface area contributed by atoms with Crippen LogP contribution >= 0.6 is 0 Å². The van der Waals surface area contributed by atoms with E-state index < -0.39 is 0 Å². The molecule has 0 amide bonds. The topological polar surface area (TPSA) is 52.5 Å². The minimum atomic E-state index is -0.160. The van der Waals surface area contributed by atoms with E-state index in [0.717, 1.165) is 19.4 Å². The van der Waals surface area contributed by atoms with Crippen LogP contribution in [0.1, 0.15) is 46.5 Å². The van der Waals surface area contributed by atoms with Crippen molar-refractivity contribution in [1.29, 1.82) is 0 Å². The third-order valence-electron chi connectivity index (χ3n) is 4.10. The normalized spacial score (nSPS) is 29.8. The van der Waals surface area contributed by atoms with Crippen molar-refractivity contribution in [2.45, 2.75) is 58.6 Å². The highest BCUT2D eigenvalue weighted by Crippen LogP contribution is 2.40. The fourth-order valence-corrected chi connectivity index (χ4v) is 2.50. The zero-order chi connectivity index (χ0) is 12.2. The van der Waals surface area contributed by atoms with Crippen molar-refractivity contribution < 1.29 is 10.2 Å². The van der Waals surface area contributed by atoms with E-state index in [9.17, 15) is 5.11 Å². The first-order valence-electron chi connectivity index (χ1n) is 6.54. The van der Waals surface area contributed by atoms with Crippen molar-refractivity contribution in [2.75, 3.05) is 13.2 Å². The molecule has 1 rings (SSSR count). The third kappa shape index (κ3) is 3.19. The summed E-state index contributed by atoms with van der Waals surface area (Å²) in [5.74, 6) is 0.573. The molecule has 1 aliphatic rings. The molecule has 96 valence electrons. The smallest absolute Gasteiger partial charge is 0.0621 e. The molecule has 0 aromatic rings. The van der Waals surface area contributed by atoms with Crippen LogP contribution in [0.3, 0.4) is 0 Å². The number of nitrogens with one attached hydrogen (secondary N) is 1. The lowest BCUT2D eigenvalue weighted by molar-refractivity contribution is -0.0735. The van der Waals surface area contributed by atoms with Gasteiger partial charge in [-0.25, -0.2) is 0 Å². The van der Waals surface area contributed by atoms with Gasteiger partial charge in [-0.2, -0.15) is 0 Å². The first kappa shape index (κ1) is 13.9. The van der Waals surface area contributed by atoms with Crippen molar-refractivity contribution in [3.05, 3.63) is 0 Å². The average molecular weight is 229 g/mol. The number of hydrogen-bond acceptors (Lipinski definition) is 3. The molecule has 0 spiro atoms. The summed E-state index contributed by atoms with van der Waals surface area (Å²) in [4.78, 5) is 0. The molecule has 3 nitrogen and oxygen atoms in total. The molecule has 16 heavy (non-hydrogen) atoms. The van der Waals surface area contributed by atoms with Gasteiger partial charge in [0, 0.05) is 18.1 Å². The van der Waals surface area contributed by atoms with Crippen LogP contribution in [0.4, 0.5) is 0 Å². The zero-order valence-electron chi connectivity index (χ0n) is 10.9. The Morgan fingerprint density at radius 2 is 2.06 bits per heavy atom. The molecule has 3 unspecified atom stereocenters. The maximum atomic E-state index is 9.64. The van der Waals surface area contributed by atoms with Crippen LogP contribution < -0.4 is 5.32 Å². The number of hydrogen-bond donors (Lipinski definition) is 3. The maximum absolute atomic E-state index is 9.64. The van der Waals surface area contributed by atoms with Gasteiger partial charge in [0.2, 0.25) is 0 Å². The van der Waals surface area contributed by atoms with Gasteiger partial charge in [-0.3, -0.25) is 0 Å². The lowest BCUT2D eigenvalue weighted by Crippen LogP contribution is -2.60. The van der Waals surface area contributed by atoms with Gasteiger partial charge in [-0.15, -0.1) is 0 Å². The Morgan fingerprint density at radius 3 is 2.50 bits per heavy atom. The van der Waals surface area contributed by atoms with E-state index in [1.807, 2.05) is 0 Å². The Hall–Kier alpha value is -0.120. The summed E-state index contributed by atoms with van der Waals surface area (Å²) < 4.78 is 0. The summed E-state index contributed by atoms with van der Waals surface area (Å²) in [6.45, 7) is 7.65. The molecule has 0 bridgehead atoms. The molecule has 3 atom stereocenters. The van der Waals surface area contributed by atoms with Crippen molar-refractivity contribution in [2.24, 2.45) is 11.3 Å².